The average molecular weight is 431 g/mol. The molecule has 2 aliphatic rings. The highest BCUT2D eigenvalue weighted by Crippen LogP contribution is 2.40. The fraction of sp³-hybridized carbons (Fsp3) is 0.280. The van der Waals surface area contributed by atoms with Gasteiger partial charge in [-0.2, -0.15) is 0 Å². The van der Waals surface area contributed by atoms with Gasteiger partial charge in [-0.15, -0.1) is 0 Å². The van der Waals surface area contributed by atoms with E-state index in [1.165, 1.54) is 17.0 Å². The minimum Gasteiger partial charge on any atom is -0.486 e. The molecular weight excluding hydrogens is 406 g/mol. The topological polar surface area (TPSA) is 94.7 Å². The summed E-state index contributed by atoms with van der Waals surface area (Å²) in [6.07, 6.45) is 6.82. The number of nitrogens with zero attached hydrogens (tertiary/aromatic N) is 1. The molecule has 7 heteroatoms. The van der Waals surface area contributed by atoms with Crippen LogP contribution in [0.15, 0.2) is 54.7 Å². The zero-order chi connectivity index (χ0) is 22.1. The number of nitrogens with one attached hydrogen (secondary N) is 2. The highest BCUT2D eigenvalue weighted by molar-refractivity contribution is 6.01. The van der Waals surface area contributed by atoms with Crippen LogP contribution in [0.25, 0.3) is 17.0 Å². The Morgan fingerprint density at radius 3 is 2.84 bits per heavy atom. The summed E-state index contributed by atoms with van der Waals surface area (Å²) in [5.41, 5.74) is 4.79. The average Bonchev–Trinajstić information content (AvgIpc) is 3.22. The Hall–Kier alpha value is -3.42. The molecule has 164 valence electrons. The summed E-state index contributed by atoms with van der Waals surface area (Å²) in [7, 11) is 0. The van der Waals surface area contributed by atoms with E-state index in [2.05, 4.69) is 34.3 Å². The maximum atomic E-state index is 12.9. The maximum Gasteiger partial charge on any atom is 0.267 e. The molecule has 3 heterocycles. The maximum absolute atomic E-state index is 12.9. The van der Waals surface area contributed by atoms with Gasteiger partial charge in [0, 0.05) is 55.7 Å². The van der Waals surface area contributed by atoms with Crippen LogP contribution in [0.5, 0.6) is 5.75 Å². The summed E-state index contributed by atoms with van der Waals surface area (Å²) in [6, 6.07) is 13.7. The first-order chi connectivity index (χ1) is 15.5. The summed E-state index contributed by atoms with van der Waals surface area (Å²) in [4.78, 5) is 29.9. The first-order valence-corrected chi connectivity index (χ1v) is 10.8. The molecule has 0 unspecified atom stereocenters. The van der Waals surface area contributed by atoms with Crippen LogP contribution in [0.2, 0.25) is 0 Å². The number of amides is 1. The van der Waals surface area contributed by atoms with Gasteiger partial charge in [-0.3, -0.25) is 19.7 Å². The lowest BCUT2D eigenvalue weighted by Gasteiger charge is -2.44. The summed E-state index contributed by atoms with van der Waals surface area (Å²) in [5.74, 6) is 0.0527. The molecule has 2 aliphatic heterocycles. The normalized spacial score (nSPS) is 18.1. The number of hydroxylamine groups is 1. The minimum atomic E-state index is -0.622. The monoisotopic (exact) mass is 431 g/mol. The SMILES string of the molecule is O=C(/C=C/c1ccc2c(c1)C(=O)CC1(CCN(Cc3c[nH]c4ccccc34)CC1)O2)NO. The van der Waals surface area contributed by atoms with Crippen molar-refractivity contribution in [2.24, 2.45) is 0 Å². The number of carbonyl (C=O) groups is 2. The highest BCUT2D eigenvalue weighted by Gasteiger charge is 2.42. The molecule has 0 bridgehead atoms. The molecular formula is C25H25N3O4. The Morgan fingerprint density at radius 1 is 1.22 bits per heavy atom. The summed E-state index contributed by atoms with van der Waals surface area (Å²) >= 11 is 0. The van der Waals surface area contributed by atoms with Crippen molar-refractivity contribution in [3.05, 3.63) is 71.4 Å². The second-order valence-electron chi connectivity index (χ2n) is 8.59. The fourth-order valence-electron chi connectivity index (χ4n) is 4.73. The van der Waals surface area contributed by atoms with Crippen LogP contribution in [0.1, 0.15) is 40.7 Å². The van der Waals surface area contributed by atoms with Crippen LogP contribution in [0.3, 0.4) is 0 Å². The number of aromatic nitrogens is 1. The van der Waals surface area contributed by atoms with Crippen molar-refractivity contribution in [3.8, 4) is 5.75 Å². The molecule has 1 spiro atoms. The minimum absolute atomic E-state index is 0.0678. The number of para-hydroxylation sites is 1. The van der Waals surface area contributed by atoms with Gasteiger partial charge >= 0.3 is 0 Å². The largest absolute Gasteiger partial charge is 0.486 e. The number of ether oxygens (including phenoxy) is 1. The molecule has 0 saturated carbocycles. The Kier molecular flexibility index (Phi) is 5.28. The molecule has 0 aliphatic carbocycles. The van der Waals surface area contributed by atoms with E-state index in [4.69, 9.17) is 9.94 Å². The Balaban J connectivity index is 1.26. The van der Waals surface area contributed by atoms with Crippen LogP contribution in [-0.2, 0) is 11.3 Å². The third-order valence-electron chi connectivity index (χ3n) is 6.49. The number of rotatable bonds is 4. The zero-order valence-electron chi connectivity index (χ0n) is 17.6. The van der Waals surface area contributed by atoms with Gasteiger partial charge in [0.2, 0.25) is 0 Å². The molecule has 0 atom stereocenters. The second kappa shape index (κ2) is 8.26. The number of Topliss-reactive ketones (excluding diaryl/α,β-unsaturated/α-hetero) is 1. The molecule has 1 fully saturated rings. The molecule has 1 saturated heterocycles. The van der Waals surface area contributed by atoms with Gasteiger partial charge in [0.1, 0.15) is 11.4 Å². The Labute approximate surface area is 185 Å². The predicted molar refractivity (Wildman–Crippen MR) is 121 cm³/mol. The van der Waals surface area contributed by atoms with E-state index < -0.39 is 11.5 Å². The van der Waals surface area contributed by atoms with Gasteiger partial charge in [0.15, 0.2) is 5.78 Å². The lowest BCUT2D eigenvalue weighted by atomic mass is 9.82. The third kappa shape index (κ3) is 3.92. The van der Waals surface area contributed by atoms with Crippen molar-refractivity contribution in [3.63, 3.8) is 0 Å². The summed E-state index contributed by atoms with van der Waals surface area (Å²) < 4.78 is 6.39. The number of piperidine rings is 1. The van der Waals surface area contributed by atoms with Gasteiger partial charge < -0.3 is 9.72 Å². The molecule has 5 rings (SSSR count). The van der Waals surface area contributed by atoms with E-state index in [9.17, 15) is 9.59 Å². The van der Waals surface area contributed by atoms with Crippen molar-refractivity contribution >= 4 is 28.7 Å². The Morgan fingerprint density at radius 2 is 2.03 bits per heavy atom. The molecule has 3 N–H and O–H groups in total. The van der Waals surface area contributed by atoms with Crippen LogP contribution in [0, 0.1) is 0 Å². The van der Waals surface area contributed by atoms with Gasteiger partial charge in [0.05, 0.1) is 12.0 Å². The summed E-state index contributed by atoms with van der Waals surface area (Å²) in [6.45, 7) is 2.63. The molecule has 3 aromatic rings. The quantitative estimate of drug-likeness (QED) is 0.333. The van der Waals surface area contributed by atoms with Crippen LogP contribution in [-0.4, -0.2) is 45.5 Å². The lowest BCUT2D eigenvalue weighted by Crippen LogP contribution is -2.50. The number of hydrogen-bond donors (Lipinski definition) is 3. The number of fused-ring (bicyclic) bond motifs is 2. The third-order valence-corrected chi connectivity index (χ3v) is 6.49. The number of benzene rings is 2. The lowest BCUT2D eigenvalue weighted by molar-refractivity contribution is -0.124. The van der Waals surface area contributed by atoms with E-state index >= 15 is 0 Å². The van der Waals surface area contributed by atoms with Crippen molar-refractivity contribution in [2.45, 2.75) is 31.4 Å². The first-order valence-electron chi connectivity index (χ1n) is 10.8. The molecule has 7 nitrogen and oxygen atoms in total. The van der Waals surface area contributed by atoms with E-state index in [1.807, 2.05) is 6.07 Å². The fourth-order valence-corrected chi connectivity index (χ4v) is 4.73. The van der Waals surface area contributed by atoms with Crippen molar-refractivity contribution in [1.29, 1.82) is 0 Å². The standard InChI is InChI=1S/C25H25N3O4/c29-22-14-25(32-23-7-5-17(13-20(22)23)6-8-24(30)27-31)9-11-28(12-10-25)16-18-15-26-21-4-2-1-3-19(18)21/h1-8,13,15,26,31H,9-12,14,16H2,(H,27,30)/b8-6+. The van der Waals surface area contributed by atoms with Gasteiger partial charge in [0.25, 0.3) is 5.91 Å². The second-order valence-corrected chi connectivity index (χ2v) is 8.59. The molecule has 32 heavy (non-hydrogen) atoms. The van der Waals surface area contributed by atoms with Crippen molar-refractivity contribution < 1.29 is 19.5 Å². The number of carbonyl (C=O) groups excluding carboxylic acids is 2. The Bertz CT molecular complexity index is 1200. The van der Waals surface area contributed by atoms with Crippen LogP contribution < -0.4 is 10.2 Å². The smallest absolute Gasteiger partial charge is 0.267 e. The van der Waals surface area contributed by atoms with Crippen molar-refractivity contribution in [2.75, 3.05) is 13.1 Å². The van der Waals surface area contributed by atoms with Gasteiger partial charge in [-0.1, -0.05) is 24.3 Å². The van der Waals surface area contributed by atoms with Gasteiger partial charge in [-0.05, 0) is 35.4 Å². The first kappa shape index (κ1) is 20.5. The van der Waals surface area contributed by atoms with Gasteiger partial charge in [-0.25, -0.2) is 5.48 Å². The van der Waals surface area contributed by atoms with Crippen LogP contribution >= 0.6 is 0 Å². The molecule has 2 aromatic carbocycles. The van der Waals surface area contributed by atoms with E-state index in [-0.39, 0.29) is 5.78 Å². The predicted octanol–water partition coefficient (Wildman–Crippen LogP) is 3.69. The zero-order valence-corrected chi connectivity index (χ0v) is 17.6. The van der Waals surface area contributed by atoms with E-state index in [1.54, 1.807) is 29.8 Å². The highest BCUT2D eigenvalue weighted by atomic mass is 16.5. The number of ketones is 1. The number of likely N-dealkylation sites (tertiary alicyclic amines) is 1. The summed E-state index contributed by atoms with van der Waals surface area (Å²) in [5, 5.41) is 9.85. The van der Waals surface area contributed by atoms with E-state index in [0.29, 0.717) is 23.3 Å². The molecule has 1 aromatic heterocycles. The molecule has 1 amide bonds. The van der Waals surface area contributed by atoms with E-state index in [0.717, 1.165) is 38.0 Å². The molecule has 0 radical (unpaired) electrons. The van der Waals surface area contributed by atoms with Crippen molar-refractivity contribution in [1.82, 2.24) is 15.4 Å². The number of aromatic amines is 1. The van der Waals surface area contributed by atoms with Crippen LogP contribution in [0.4, 0.5) is 0 Å². The number of H-pyrrole nitrogens is 1. The number of hydrogen-bond acceptors (Lipinski definition) is 5.